The average molecular weight is 511 g/mol. The van der Waals surface area contributed by atoms with Crippen molar-refractivity contribution in [1.29, 1.82) is 0 Å². The maximum Gasteiger partial charge on any atom is 0.265 e. The number of carbonyl (C=O) groups is 1. The van der Waals surface area contributed by atoms with Crippen LogP contribution in [0.25, 0.3) is 21.1 Å². The predicted octanol–water partition coefficient (Wildman–Crippen LogP) is 4.57. The molecule has 2 aliphatic heterocycles. The number of alkyl halides is 2. The molecule has 0 radical (unpaired) electrons. The van der Waals surface area contributed by atoms with Crippen LogP contribution in [0.3, 0.4) is 0 Å². The van der Waals surface area contributed by atoms with E-state index in [0.717, 1.165) is 79.4 Å². The van der Waals surface area contributed by atoms with E-state index in [0.29, 0.717) is 10.6 Å². The zero-order chi connectivity index (χ0) is 25.1. The molecule has 2 saturated heterocycles. The lowest BCUT2D eigenvalue weighted by molar-refractivity contribution is 0.0234. The molecule has 0 aliphatic carbocycles. The molecule has 0 saturated carbocycles. The maximum atomic E-state index is 13.6. The Morgan fingerprint density at radius 1 is 1.19 bits per heavy atom. The van der Waals surface area contributed by atoms with Gasteiger partial charge in [-0.25, -0.2) is 18.7 Å². The lowest BCUT2D eigenvalue weighted by Crippen LogP contribution is -2.31. The quantitative estimate of drug-likeness (QED) is 0.397. The summed E-state index contributed by atoms with van der Waals surface area (Å²) in [6.07, 6.45) is 3.47. The van der Waals surface area contributed by atoms with Crippen LogP contribution in [0.4, 0.5) is 14.6 Å². The van der Waals surface area contributed by atoms with Gasteiger partial charge in [-0.3, -0.25) is 9.69 Å². The van der Waals surface area contributed by atoms with Crippen LogP contribution in [0.2, 0.25) is 0 Å². The van der Waals surface area contributed by atoms with E-state index in [-0.39, 0.29) is 11.8 Å². The number of anilines is 1. The van der Waals surface area contributed by atoms with E-state index in [2.05, 4.69) is 36.9 Å². The number of nitrogens with zero attached hydrogens (tertiary/aromatic N) is 4. The lowest BCUT2D eigenvalue weighted by Gasteiger charge is -2.25. The topological polar surface area (TPSA) is 91.1 Å². The summed E-state index contributed by atoms with van der Waals surface area (Å²) in [5.74, 6) is -2.34. The summed E-state index contributed by atoms with van der Waals surface area (Å²) in [6, 6.07) is 9.87. The van der Waals surface area contributed by atoms with Crippen molar-refractivity contribution in [2.45, 2.75) is 38.7 Å². The highest BCUT2D eigenvalue weighted by Gasteiger charge is 2.44. The predicted molar refractivity (Wildman–Crippen MR) is 138 cm³/mol. The Hall–Kier alpha value is -3.11. The van der Waals surface area contributed by atoms with E-state index in [4.69, 9.17) is 5.73 Å². The normalized spacial score (nSPS) is 20.9. The number of halogens is 2. The molecule has 188 valence electrons. The minimum atomic E-state index is -2.74. The van der Waals surface area contributed by atoms with Gasteiger partial charge < -0.3 is 15.6 Å². The second-order valence-electron chi connectivity index (χ2n) is 10.5. The number of primary amides is 1. The first kappa shape index (κ1) is 23.3. The van der Waals surface area contributed by atoms with Gasteiger partial charge in [0.05, 0.1) is 5.39 Å². The molecule has 6 rings (SSSR count). The highest BCUT2D eigenvalue weighted by molar-refractivity contribution is 7.18. The van der Waals surface area contributed by atoms with Crippen molar-refractivity contribution in [2.24, 2.45) is 11.1 Å². The molecule has 10 heteroatoms. The molecule has 2 aliphatic rings. The first-order chi connectivity index (χ1) is 17.2. The molecule has 1 atom stereocenters. The Bertz CT molecular complexity index is 1460. The van der Waals surface area contributed by atoms with Gasteiger partial charge in [-0.1, -0.05) is 12.1 Å². The van der Waals surface area contributed by atoms with Gasteiger partial charge in [-0.15, -0.1) is 11.3 Å². The summed E-state index contributed by atoms with van der Waals surface area (Å²) in [4.78, 5) is 29.7. The van der Waals surface area contributed by atoms with Gasteiger partial charge in [0, 0.05) is 53.8 Å². The summed E-state index contributed by atoms with van der Waals surface area (Å²) < 4.78 is 27.2. The average Bonchev–Trinajstić information content (AvgIpc) is 3.58. The van der Waals surface area contributed by atoms with Gasteiger partial charge in [-0.2, -0.15) is 0 Å². The monoisotopic (exact) mass is 510 g/mol. The molecule has 1 spiro atoms. The van der Waals surface area contributed by atoms with E-state index < -0.39 is 11.8 Å². The number of likely N-dealkylation sites (tertiary alicyclic amines) is 1. The third kappa shape index (κ3) is 4.43. The van der Waals surface area contributed by atoms with Crippen molar-refractivity contribution in [1.82, 2.24) is 19.9 Å². The minimum absolute atomic E-state index is 0.197. The van der Waals surface area contributed by atoms with Crippen LogP contribution >= 0.6 is 11.3 Å². The number of nitrogens with two attached hydrogens (primary N) is 1. The molecule has 3 aromatic heterocycles. The van der Waals surface area contributed by atoms with E-state index >= 15 is 0 Å². The first-order valence-electron chi connectivity index (χ1n) is 12.2. The van der Waals surface area contributed by atoms with Gasteiger partial charge in [0.2, 0.25) is 5.92 Å². The third-order valence-electron chi connectivity index (χ3n) is 7.46. The van der Waals surface area contributed by atoms with Gasteiger partial charge >= 0.3 is 0 Å². The smallest absolute Gasteiger partial charge is 0.265 e. The van der Waals surface area contributed by atoms with Crippen LogP contribution in [0.15, 0.2) is 36.7 Å². The number of benzene rings is 1. The highest BCUT2D eigenvalue weighted by Crippen LogP contribution is 2.43. The van der Waals surface area contributed by atoms with Crippen LogP contribution in [-0.2, 0) is 13.0 Å². The highest BCUT2D eigenvalue weighted by atomic mass is 32.1. The molecular formula is C26H28F2N6OS. The number of aromatic nitrogens is 3. The van der Waals surface area contributed by atoms with Gasteiger partial charge in [-0.05, 0) is 50.1 Å². The molecule has 1 aromatic carbocycles. The van der Waals surface area contributed by atoms with Crippen LogP contribution in [0.5, 0.6) is 0 Å². The summed E-state index contributed by atoms with van der Waals surface area (Å²) in [5.41, 5.74) is 8.14. The second kappa shape index (κ2) is 8.48. The lowest BCUT2D eigenvalue weighted by atomic mass is 9.86. The standard InChI is InChI=1S/C26H28F2N6OS/c1-25(27,28)11-18-10-19-23(30-15-31-24(19)36-18)34-7-5-26(14-34)4-6-33(13-26)12-16-2-3-17-9-21(22(29)35)32-20(17)8-16/h2-3,8-10,15,32H,4-7,11-14H2,1H3,(H2,29,35)/t26-/m1/s1. The number of H-pyrrole nitrogens is 1. The Morgan fingerprint density at radius 3 is 2.83 bits per heavy atom. The van der Waals surface area contributed by atoms with Crippen LogP contribution in [0.1, 0.15) is 40.7 Å². The zero-order valence-corrected chi connectivity index (χ0v) is 20.9. The minimum Gasteiger partial charge on any atom is -0.364 e. The molecule has 0 unspecified atom stereocenters. The van der Waals surface area contributed by atoms with E-state index in [1.54, 1.807) is 12.4 Å². The number of nitrogens with one attached hydrogen (secondary N) is 1. The SMILES string of the molecule is CC(F)(F)Cc1cc2c(N3CC[C@@]4(CCN(Cc5ccc6cc(C(N)=O)[nH]c6c5)C4)C3)ncnc2s1. The fourth-order valence-corrected chi connectivity index (χ4v) is 6.92. The van der Waals surface area contributed by atoms with Crippen molar-refractivity contribution < 1.29 is 13.6 Å². The van der Waals surface area contributed by atoms with E-state index in [1.165, 1.54) is 16.9 Å². The van der Waals surface area contributed by atoms with Crippen molar-refractivity contribution in [3.8, 4) is 0 Å². The van der Waals surface area contributed by atoms with Crippen molar-refractivity contribution in [3.05, 3.63) is 52.8 Å². The van der Waals surface area contributed by atoms with Crippen LogP contribution in [0, 0.1) is 5.41 Å². The fourth-order valence-electron chi connectivity index (χ4n) is 5.81. The van der Waals surface area contributed by atoms with E-state index in [9.17, 15) is 13.6 Å². The van der Waals surface area contributed by atoms with Gasteiger partial charge in [0.15, 0.2) is 0 Å². The Kier molecular flexibility index (Phi) is 5.49. The molecule has 0 bridgehead atoms. The summed E-state index contributed by atoms with van der Waals surface area (Å²) in [7, 11) is 0. The number of fused-ring (bicyclic) bond motifs is 2. The molecule has 5 heterocycles. The van der Waals surface area contributed by atoms with Crippen molar-refractivity contribution >= 4 is 44.2 Å². The molecule has 2 fully saturated rings. The van der Waals surface area contributed by atoms with E-state index in [1.807, 2.05) is 12.1 Å². The number of hydrogen-bond acceptors (Lipinski definition) is 6. The zero-order valence-electron chi connectivity index (χ0n) is 20.1. The Labute approximate surface area is 211 Å². The van der Waals surface area contributed by atoms with Crippen LogP contribution in [-0.4, -0.2) is 57.9 Å². The number of hydrogen-bond donors (Lipinski definition) is 2. The summed E-state index contributed by atoms with van der Waals surface area (Å²) in [5, 5.41) is 1.86. The molecular weight excluding hydrogens is 482 g/mol. The van der Waals surface area contributed by atoms with Gasteiger partial charge in [0.1, 0.15) is 22.7 Å². The fraction of sp³-hybridized carbons (Fsp3) is 0.423. The van der Waals surface area contributed by atoms with Gasteiger partial charge in [0.25, 0.3) is 5.91 Å². The first-order valence-corrected chi connectivity index (χ1v) is 13.0. The number of aromatic amines is 1. The molecule has 7 nitrogen and oxygen atoms in total. The Balaban J connectivity index is 1.16. The van der Waals surface area contributed by atoms with Crippen molar-refractivity contribution in [2.75, 3.05) is 31.1 Å². The Morgan fingerprint density at radius 2 is 2.03 bits per heavy atom. The largest absolute Gasteiger partial charge is 0.364 e. The number of rotatable bonds is 6. The number of carbonyl (C=O) groups excluding carboxylic acids is 1. The maximum absolute atomic E-state index is 13.6. The van der Waals surface area contributed by atoms with Crippen molar-refractivity contribution in [3.63, 3.8) is 0 Å². The van der Waals surface area contributed by atoms with Crippen LogP contribution < -0.4 is 10.6 Å². The second-order valence-corrected chi connectivity index (χ2v) is 11.6. The summed E-state index contributed by atoms with van der Waals surface area (Å²) in [6.45, 7) is 5.64. The molecule has 1 amide bonds. The number of amides is 1. The summed E-state index contributed by atoms with van der Waals surface area (Å²) >= 11 is 1.33. The molecule has 36 heavy (non-hydrogen) atoms. The molecule has 4 aromatic rings. The number of thiophene rings is 1. The molecule has 3 N–H and O–H groups in total. The third-order valence-corrected chi connectivity index (χ3v) is 8.50.